The van der Waals surface area contributed by atoms with Crippen molar-refractivity contribution in [2.24, 2.45) is 5.41 Å². The van der Waals surface area contributed by atoms with Gasteiger partial charge < -0.3 is 14.9 Å². The maximum Gasteiger partial charge on any atom is 0.0649 e. The predicted octanol–water partition coefficient (Wildman–Crippen LogP) is 2.30. The maximum atomic E-state index is 8.98. The Balaban J connectivity index is 0.000000325. The zero-order valence-electron chi connectivity index (χ0n) is 10.7. The van der Waals surface area contributed by atoms with Crippen LogP contribution in [0.3, 0.4) is 0 Å². The minimum absolute atomic E-state index is 0.127. The Hall–Kier alpha value is -0.640. The van der Waals surface area contributed by atoms with Gasteiger partial charge in [0.05, 0.1) is 26.4 Å². The van der Waals surface area contributed by atoms with Gasteiger partial charge in [0.1, 0.15) is 0 Å². The first-order chi connectivity index (χ1) is 8.24. The van der Waals surface area contributed by atoms with E-state index in [0.717, 1.165) is 12.8 Å². The quantitative estimate of drug-likeness (QED) is 0.555. The van der Waals surface area contributed by atoms with Gasteiger partial charge in [-0.05, 0) is 12.8 Å². The second-order valence-electron chi connectivity index (χ2n) is 4.49. The van der Waals surface area contributed by atoms with Crippen molar-refractivity contribution in [1.82, 2.24) is 0 Å². The van der Waals surface area contributed by atoms with Crippen molar-refractivity contribution in [2.75, 3.05) is 26.4 Å². The number of hydrogen-bond acceptors (Lipinski definition) is 3. The smallest absolute Gasteiger partial charge is 0.0649 e. The molecule has 0 unspecified atom stereocenters. The molecular weight excluding hydrogens is 216 g/mol. The van der Waals surface area contributed by atoms with Crippen molar-refractivity contribution < 1.29 is 14.9 Å². The fraction of sp³-hybridized carbons (Fsp3) is 0.714. The summed E-state index contributed by atoms with van der Waals surface area (Å²) in [5.41, 5.74) is -0.127. The van der Waals surface area contributed by atoms with E-state index in [1.54, 1.807) is 12.2 Å². The highest BCUT2D eigenvalue weighted by atomic mass is 16.5. The molecule has 3 nitrogen and oxygen atoms in total. The third-order valence-electron chi connectivity index (χ3n) is 3.06. The van der Waals surface area contributed by atoms with Crippen LogP contribution in [0.15, 0.2) is 25.3 Å². The van der Waals surface area contributed by atoms with Crippen molar-refractivity contribution in [1.29, 1.82) is 0 Å². The van der Waals surface area contributed by atoms with Crippen LogP contribution in [0, 0.1) is 5.41 Å². The van der Waals surface area contributed by atoms with Crippen LogP contribution in [0.5, 0.6) is 0 Å². The minimum atomic E-state index is -0.127. The molecule has 0 aromatic heterocycles. The highest BCUT2D eigenvalue weighted by Crippen LogP contribution is 2.34. The Labute approximate surface area is 105 Å². The summed E-state index contributed by atoms with van der Waals surface area (Å²) >= 11 is 0. The molecule has 1 fully saturated rings. The van der Waals surface area contributed by atoms with Crippen LogP contribution in [-0.4, -0.2) is 36.6 Å². The molecular formula is C14H26O3. The number of aliphatic hydroxyl groups is 2. The second kappa shape index (κ2) is 10.5. The Morgan fingerprint density at radius 3 is 1.71 bits per heavy atom. The molecule has 0 amide bonds. The lowest BCUT2D eigenvalue weighted by Gasteiger charge is -2.33. The van der Waals surface area contributed by atoms with Crippen molar-refractivity contribution in [3.8, 4) is 0 Å². The fourth-order valence-electron chi connectivity index (χ4n) is 1.90. The van der Waals surface area contributed by atoms with E-state index < -0.39 is 0 Å². The molecule has 3 heteroatoms. The van der Waals surface area contributed by atoms with E-state index in [1.807, 2.05) is 0 Å². The summed E-state index contributed by atoms with van der Waals surface area (Å²) in [5, 5.41) is 18.0. The van der Waals surface area contributed by atoms with Gasteiger partial charge in [0, 0.05) is 5.41 Å². The zero-order chi connectivity index (χ0) is 13.0. The van der Waals surface area contributed by atoms with E-state index in [-0.39, 0.29) is 18.6 Å². The van der Waals surface area contributed by atoms with E-state index in [4.69, 9.17) is 14.9 Å². The molecule has 0 radical (unpaired) electrons. The molecule has 1 saturated carbocycles. The van der Waals surface area contributed by atoms with Crippen molar-refractivity contribution in [3.63, 3.8) is 0 Å². The first kappa shape index (κ1) is 16.4. The topological polar surface area (TPSA) is 49.7 Å². The highest BCUT2D eigenvalue weighted by molar-refractivity contribution is 4.81. The molecule has 17 heavy (non-hydrogen) atoms. The summed E-state index contributed by atoms with van der Waals surface area (Å²) in [7, 11) is 0. The zero-order valence-corrected chi connectivity index (χ0v) is 10.7. The van der Waals surface area contributed by atoms with Crippen LogP contribution in [-0.2, 0) is 4.74 Å². The second-order valence-corrected chi connectivity index (χ2v) is 4.49. The molecule has 2 N–H and O–H groups in total. The monoisotopic (exact) mass is 242 g/mol. The summed E-state index contributed by atoms with van der Waals surface area (Å²) < 4.78 is 4.90. The van der Waals surface area contributed by atoms with E-state index in [2.05, 4.69) is 13.2 Å². The number of hydrogen-bond donors (Lipinski definition) is 2. The lowest BCUT2D eigenvalue weighted by atomic mass is 9.75. The molecule has 0 saturated heterocycles. The number of rotatable bonds is 6. The standard InChI is InChI=1S/C8H16O2.C6H10O/c9-6-8(7-10)4-2-1-3-5-8;1-3-5-7-6-4-2/h9-10H,1-7H2;3-4H,1-2,5-6H2. The molecule has 0 heterocycles. The first-order valence-corrected chi connectivity index (χ1v) is 6.26. The average Bonchev–Trinajstić information content (AvgIpc) is 2.41. The van der Waals surface area contributed by atoms with Gasteiger partial charge in [0.25, 0.3) is 0 Å². The third kappa shape index (κ3) is 7.31. The SMILES string of the molecule is C=CCOCC=C.OCC1(CO)CCCCC1. The molecule has 0 atom stereocenters. The van der Waals surface area contributed by atoms with Crippen molar-refractivity contribution in [2.45, 2.75) is 32.1 Å². The molecule has 0 aromatic rings. The summed E-state index contributed by atoms with van der Waals surface area (Å²) in [4.78, 5) is 0. The Morgan fingerprint density at radius 1 is 0.941 bits per heavy atom. The van der Waals surface area contributed by atoms with Gasteiger partial charge >= 0.3 is 0 Å². The lowest BCUT2D eigenvalue weighted by molar-refractivity contribution is 0.0234. The van der Waals surface area contributed by atoms with Gasteiger partial charge in [-0.1, -0.05) is 31.4 Å². The number of aliphatic hydroxyl groups excluding tert-OH is 2. The molecule has 0 aromatic carbocycles. The molecule has 1 aliphatic carbocycles. The molecule has 100 valence electrons. The van der Waals surface area contributed by atoms with Gasteiger partial charge in [-0.3, -0.25) is 0 Å². The Morgan fingerprint density at radius 2 is 1.41 bits per heavy atom. The van der Waals surface area contributed by atoms with Gasteiger partial charge in [0.2, 0.25) is 0 Å². The molecule has 0 spiro atoms. The predicted molar refractivity (Wildman–Crippen MR) is 70.9 cm³/mol. The average molecular weight is 242 g/mol. The van der Waals surface area contributed by atoms with E-state index in [9.17, 15) is 0 Å². The van der Waals surface area contributed by atoms with Crippen LogP contribution in [0.1, 0.15) is 32.1 Å². The van der Waals surface area contributed by atoms with Crippen LogP contribution < -0.4 is 0 Å². The van der Waals surface area contributed by atoms with Gasteiger partial charge in [-0.25, -0.2) is 0 Å². The molecule has 1 aliphatic rings. The van der Waals surface area contributed by atoms with E-state index >= 15 is 0 Å². The Kier molecular flexibility index (Phi) is 10.1. The molecule has 1 rings (SSSR count). The molecule has 0 bridgehead atoms. The van der Waals surface area contributed by atoms with Crippen molar-refractivity contribution in [3.05, 3.63) is 25.3 Å². The van der Waals surface area contributed by atoms with Gasteiger partial charge in [-0.15, -0.1) is 13.2 Å². The first-order valence-electron chi connectivity index (χ1n) is 6.26. The third-order valence-corrected chi connectivity index (χ3v) is 3.06. The Bertz CT molecular complexity index is 182. The summed E-state index contributed by atoms with van der Waals surface area (Å²) in [6, 6.07) is 0. The van der Waals surface area contributed by atoms with Gasteiger partial charge in [0.15, 0.2) is 0 Å². The van der Waals surface area contributed by atoms with Crippen LogP contribution in [0.2, 0.25) is 0 Å². The number of ether oxygens (including phenoxy) is 1. The van der Waals surface area contributed by atoms with Crippen molar-refractivity contribution >= 4 is 0 Å². The van der Waals surface area contributed by atoms with Crippen LogP contribution >= 0.6 is 0 Å². The highest BCUT2D eigenvalue weighted by Gasteiger charge is 2.30. The van der Waals surface area contributed by atoms with Crippen LogP contribution in [0.4, 0.5) is 0 Å². The van der Waals surface area contributed by atoms with E-state index in [0.29, 0.717) is 13.2 Å². The van der Waals surface area contributed by atoms with E-state index in [1.165, 1.54) is 19.3 Å². The fourth-order valence-corrected chi connectivity index (χ4v) is 1.90. The summed E-state index contributed by atoms with van der Waals surface area (Å²) in [5.74, 6) is 0. The maximum absolute atomic E-state index is 8.98. The molecule has 0 aliphatic heterocycles. The summed E-state index contributed by atoms with van der Waals surface area (Å²) in [6.07, 6.45) is 9.02. The minimum Gasteiger partial charge on any atom is -0.396 e. The van der Waals surface area contributed by atoms with Gasteiger partial charge in [-0.2, -0.15) is 0 Å². The van der Waals surface area contributed by atoms with Crippen LogP contribution in [0.25, 0.3) is 0 Å². The normalized spacial score (nSPS) is 17.8. The largest absolute Gasteiger partial charge is 0.396 e. The lowest BCUT2D eigenvalue weighted by Crippen LogP contribution is -2.31. The summed E-state index contributed by atoms with van der Waals surface area (Å²) in [6.45, 7) is 8.49.